The van der Waals surface area contributed by atoms with Crippen LogP contribution in [0.2, 0.25) is 0 Å². The molecule has 0 aromatic heterocycles. The van der Waals surface area contributed by atoms with E-state index >= 15 is 0 Å². The van der Waals surface area contributed by atoms with Gasteiger partial charge < -0.3 is 14.4 Å². The molecule has 6 nitrogen and oxygen atoms in total. The van der Waals surface area contributed by atoms with Crippen molar-refractivity contribution < 1.29 is 19.1 Å². The molecule has 0 radical (unpaired) electrons. The van der Waals surface area contributed by atoms with Crippen molar-refractivity contribution in [3.63, 3.8) is 0 Å². The van der Waals surface area contributed by atoms with E-state index in [4.69, 9.17) is 14.3 Å². The molecule has 3 rings (SSSR count). The van der Waals surface area contributed by atoms with E-state index in [-0.39, 0.29) is 11.9 Å². The van der Waals surface area contributed by atoms with Crippen LogP contribution in [0.4, 0.5) is 0 Å². The van der Waals surface area contributed by atoms with E-state index in [1.165, 1.54) is 0 Å². The molecule has 2 heterocycles. The van der Waals surface area contributed by atoms with Gasteiger partial charge in [0.05, 0.1) is 12.6 Å². The highest BCUT2D eigenvalue weighted by molar-refractivity contribution is 5.76. The van der Waals surface area contributed by atoms with Crippen molar-refractivity contribution in [2.24, 2.45) is 0 Å². The standard InChI is InChI=1S/C18H26N2O4/c1-14(15-5-6-16-17(13-15)23-12-11-22-16)19(2)18(21)7-9-20-8-3-4-10-24-20/h5-6,13-14H,3-4,7-12H2,1-2H3/t14-/m0/s1. The van der Waals surface area contributed by atoms with E-state index in [9.17, 15) is 4.79 Å². The minimum Gasteiger partial charge on any atom is -0.486 e. The van der Waals surface area contributed by atoms with Crippen LogP contribution in [0, 0.1) is 0 Å². The number of rotatable bonds is 5. The Hall–Kier alpha value is -1.79. The molecule has 0 unspecified atom stereocenters. The van der Waals surface area contributed by atoms with Gasteiger partial charge in [0.15, 0.2) is 11.5 Å². The molecule has 0 aliphatic carbocycles. The Labute approximate surface area is 143 Å². The van der Waals surface area contributed by atoms with E-state index < -0.39 is 0 Å². The Balaban J connectivity index is 1.57. The largest absolute Gasteiger partial charge is 0.486 e. The third kappa shape index (κ3) is 3.99. The van der Waals surface area contributed by atoms with Crippen LogP contribution in [0.15, 0.2) is 18.2 Å². The van der Waals surface area contributed by atoms with Crippen molar-refractivity contribution in [1.29, 1.82) is 0 Å². The molecule has 24 heavy (non-hydrogen) atoms. The Morgan fingerprint density at radius 3 is 2.75 bits per heavy atom. The second-order valence-corrected chi connectivity index (χ2v) is 6.30. The number of ether oxygens (including phenoxy) is 2. The number of amides is 1. The summed E-state index contributed by atoms with van der Waals surface area (Å²) in [5.74, 6) is 1.65. The highest BCUT2D eigenvalue weighted by Crippen LogP contribution is 2.33. The number of hydrogen-bond acceptors (Lipinski definition) is 5. The summed E-state index contributed by atoms with van der Waals surface area (Å²) in [5.41, 5.74) is 1.05. The third-order valence-electron chi connectivity index (χ3n) is 4.67. The van der Waals surface area contributed by atoms with Gasteiger partial charge in [-0.05, 0) is 37.5 Å². The van der Waals surface area contributed by atoms with Crippen molar-refractivity contribution in [3.8, 4) is 11.5 Å². The van der Waals surface area contributed by atoms with E-state index in [0.29, 0.717) is 26.2 Å². The molecule has 1 fully saturated rings. The lowest BCUT2D eigenvalue weighted by Gasteiger charge is -2.29. The summed E-state index contributed by atoms with van der Waals surface area (Å²) in [6, 6.07) is 5.86. The van der Waals surface area contributed by atoms with E-state index in [1.807, 2.05) is 37.2 Å². The minimum atomic E-state index is -0.0180. The monoisotopic (exact) mass is 334 g/mol. The highest BCUT2D eigenvalue weighted by atomic mass is 16.7. The molecule has 1 atom stereocenters. The van der Waals surface area contributed by atoms with Gasteiger partial charge in [-0.2, -0.15) is 5.06 Å². The number of benzene rings is 1. The maximum atomic E-state index is 12.5. The molecule has 0 spiro atoms. The van der Waals surface area contributed by atoms with Crippen molar-refractivity contribution in [2.75, 3.05) is 40.0 Å². The average molecular weight is 334 g/mol. The molecule has 132 valence electrons. The summed E-state index contributed by atoms with van der Waals surface area (Å²) in [4.78, 5) is 19.8. The number of carbonyl (C=O) groups excluding carboxylic acids is 1. The summed E-state index contributed by atoms with van der Waals surface area (Å²) < 4.78 is 11.2. The van der Waals surface area contributed by atoms with Crippen molar-refractivity contribution in [1.82, 2.24) is 9.96 Å². The first-order chi connectivity index (χ1) is 11.6. The number of nitrogens with zero attached hydrogens (tertiary/aromatic N) is 2. The summed E-state index contributed by atoms with van der Waals surface area (Å²) in [5, 5.41) is 1.91. The Morgan fingerprint density at radius 1 is 1.21 bits per heavy atom. The molecule has 0 N–H and O–H groups in total. The Bertz CT molecular complexity index is 572. The topological polar surface area (TPSA) is 51.2 Å². The fourth-order valence-corrected chi connectivity index (χ4v) is 2.98. The minimum absolute atomic E-state index is 0.0180. The van der Waals surface area contributed by atoms with Crippen LogP contribution < -0.4 is 9.47 Å². The summed E-state index contributed by atoms with van der Waals surface area (Å²) in [6.45, 7) is 5.50. The molecular formula is C18H26N2O4. The lowest BCUT2D eigenvalue weighted by atomic mass is 10.1. The Morgan fingerprint density at radius 2 is 2.00 bits per heavy atom. The van der Waals surface area contributed by atoms with Crippen LogP contribution in [0.5, 0.6) is 11.5 Å². The first-order valence-electron chi connectivity index (χ1n) is 8.68. The number of hydrogen-bond donors (Lipinski definition) is 0. The van der Waals surface area contributed by atoms with Gasteiger partial charge >= 0.3 is 0 Å². The molecule has 2 aliphatic rings. The molecule has 6 heteroatoms. The molecule has 0 saturated carbocycles. The zero-order valence-electron chi connectivity index (χ0n) is 14.5. The third-order valence-corrected chi connectivity index (χ3v) is 4.67. The summed E-state index contributed by atoms with van der Waals surface area (Å²) in [7, 11) is 1.85. The number of fused-ring (bicyclic) bond motifs is 1. The molecule has 1 aromatic rings. The van der Waals surface area contributed by atoms with Gasteiger partial charge in [-0.25, -0.2) is 0 Å². The quantitative estimate of drug-likeness (QED) is 0.827. The molecule has 1 amide bonds. The molecule has 1 saturated heterocycles. The van der Waals surface area contributed by atoms with Crippen LogP contribution in [-0.4, -0.2) is 55.8 Å². The first-order valence-corrected chi connectivity index (χ1v) is 8.68. The van der Waals surface area contributed by atoms with E-state index in [0.717, 1.165) is 43.1 Å². The van der Waals surface area contributed by atoms with Gasteiger partial charge in [0.1, 0.15) is 13.2 Å². The van der Waals surface area contributed by atoms with Gasteiger partial charge in [-0.3, -0.25) is 9.63 Å². The molecule has 0 bridgehead atoms. The second-order valence-electron chi connectivity index (χ2n) is 6.30. The van der Waals surface area contributed by atoms with E-state index in [1.54, 1.807) is 4.90 Å². The molecular weight excluding hydrogens is 308 g/mol. The number of carbonyl (C=O) groups is 1. The Kier molecular flexibility index (Phi) is 5.58. The lowest BCUT2D eigenvalue weighted by Crippen LogP contribution is -2.36. The normalized spacial score (nSPS) is 18.9. The van der Waals surface area contributed by atoms with Gasteiger partial charge in [0.25, 0.3) is 0 Å². The summed E-state index contributed by atoms with van der Waals surface area (Å²) in [6.07, 6.45) is 2.70. The van der Waals surface area contributed by atoms with E-state index in [2.05, 4.69) is 0 Å². The van der Waals surface area contributed by atoms with Crippen molar-refractivity contribution in [2.45, 2.75) is 32.2 Å². The predicted octanol–water partition coefficient (Wildman–Crippen LogP) is 2.39. The van der Waals surface area contributed by atoms with Crippen molar-refractivity contribution >= 4 is 5.91 Å². The molecule has 2 aliphatic heterocycles. The first kappa shape index (κ1) is 17.0. The zero-order valence-corrected chi connectivity index (χ0v) is 14.5. The maximum absolute atomic E-state index is 12.5. The van der Waals surface area contributed by atoms with Crippen LogP contribution >= 0.6 is 0 Å². The van der Waals surface area contributed by atoms with Crippen LogP contribution in [-0.2, 0) is 9.63 Å². The fraction of sp³-hybridized carbons (Fsp3) is 0.611. The zero-order chi connectivity index (χ0) is 16.9. The fourth-order valence-electron chi connectivity index (χ4n) is 2.98. The van der Waals surface area contributed by atoms with Crippen LogP contribution in [0.1, 0.15) is 37.8 Å². The van der Waals surface area contributed by atoms with Gasteiger partial charge in [0.2, 0.25) is 5.91 Å². The number of hydroxylamine groups is 2. The SMILES string of the molecule is C[C@@H](c1ccc2c(c1)OCCO2)N(C)C(=O)CCN1CCCCO1. The van der Waals surface area contributed by atoms with Crippen molar-refractivity contribution in [3.05, 3.63) is 23.8 Å². The van der Waals surface area contributed by atoms with Crippen LogP contribution in [0.25, 0.3) is 0 Å². The van der Waals surface area contributed by atoms with Gasteiger partial charge in [-0.15, -0.1) is 0 Å². The van der Waals surface area contributed by atoms with Gasteiger partial charge in [0, 0.05) is 26.6 Å². The average Bonchev–Trinajstić information content (AvgIpc) is 2.65. The maximum Gasteiger partial charge on any atom is 0.224 e. The highest BCUT2D eigenvalue weighted by Gasteiger charge is 2.21. The smallest absolute Gasteiger partial charge is 0.224 e. The van der Waals surface area contributed by atoms with Gasteiger partial charge in [-0.1, -0.05) is 6.07 Å². The second kappa shape index (κ2) is 7.85. The predicted molar refractivity (Wildman–Crippen MR) is 90.0 cm³/mol. The lowest BCUT2D eigenvalue weighted by molar-refractivity contribution is -0.182. The summed E-state index contributed by atoms with van der Waals surface area (Å²) >= 11 is 0. The molecule has 1 aromatic carbocycles. The van der Waals surface area contributed by atoms with Crippen LogP contribution in [0.3, 0.4) is 0 Å².